The first-order valence-electron chi connectivity index (χ1n) is 9.82. The molecule has 9 heteroatoms. The lowest BCUT2D eigenvalue weighted by Crippen LogP contribution is -2.20. The van der Waals surface area contributed by atoms with Crippen LogP contribution >= 0.6 is 11.8 Å². The molecule has 0 spiro atoms. The van der Waals surface area contributed by atoms with E-state index in [4.69, 9.17) is 10.5 Å². The van der Waals surface area contributed by atoms with Gasteiger partial charge < -0.3 is 15.8 Å². The lowest BCUT2D eigenvalue weighted by atomic mass is 10.1. The summed E-state index contributed by atoms with van der Waals surface area (Å²) in [5, 5.41) is 2.37. The van der Waals surface area contributed by atoms with Crippen LogP contribution in [0.3, 0.4) is 0 Å². The van der Waals surface area contributed by atoms with E-state index in [1.807, 2.05) is 30.3 Å². The molecule has 0 saturated carbocycles. The number of anilines is 2. The van der Waals surface area contributed by atoms with E-state index in [9.17, 15) is 14.4 Å². The molecule has 1 amide bonds. The molecular formula is C23H22N4O4S. The molecule has 0 bridgehead atoms. The maximum atomic E-state index is 13.2. The summed E-state index contributed by atoms with van der Waals surface area (Å²) in [5.74, 6) is -1.05. The van der Waals surface area contributed by atoms with Gasteiger partial charge >= 0.3 is 5.97 Å². The van der Waals surface area contributed by atoms with Crippen LogP contribution in [0.5, 0.6) is 0 Å². The van der Waals surface area contributed by atoms with Crippen molar-refractivity contribution in [1.29, 1.82) is 0 Å². The molecule has 1 heterocycles. The summed E-state index contributed by atoms with van der Waals surface area (Å²) in [6.07, 6.45) is 1.29. The maximum absolute atomic E-state index is 13.2. The molecule has 0 aliphatic rings. The average molecular weight is 451 g/mol. The summed E-state index contributed by atoms with van der Waals surface area (Å²) in [5.41, 5.74) is 7.71. The molecule has 0 aliphatic heterocycles. The highest BCUT2D eigenvalue weighted by atomic mass is 32.2. The normalized spacial score (nSPS) is 11.4. The second-order valence-electron chi connectivity index (χ2n) is 6.71. The SMILES string of the molecule is CCOC(=O)c1cnc(SC(C(=O)Nc2cccc(C(C)=O)c2)c2ccccc2)nc1N. The second kappa shape index (κ2) is 10.5. The first-order chi connectivity index (χ1) is 15.4. The van der Waals surface area contributed by atoms with Gasteiger partial charge in [-0.05, 0) is 31.5 Å². The molecule has 3 rings (SSSR count). The molecule has 3 N–H and O–H groups in total. The third kappa shape index (κ3) is 5.70. The summed E-state index contributed by atoms with van der Waals surface area (Å²) in [4.78, 5) is 45.1. The van der Waals surface area contributed by atoms with Crippen LogP contribution in [-0.2, 0) is 9.53 Å². The molecule has 32 heavy (non-hydrogen) atoms. The fourth-order valence-corrected chi connectivity index (χ4v) is 3.77. The molecule has 1 atom stereocenters. The third-order valence-corrected chi connectivity index (χ3v) is 5.52. The number of aromatic nitrogens is 2. The van der Waals surface area contributed by atoms with E-state index in [-0.39, 0.29) is 34.8 Å². The van der Waals surface area contributed by atoms with Crippen LogP contribution in [0.25, 0.3) is 0 Å². The van der Waals surface area contributed by atoms with Crippen molar-refractivity contribution in [3.8, 4) is 0 Å². The number of carbonyl (C=O) groups excluding carboxylic acids is 3. The Balaban J connectivity index is 1.86. The maximum Gasteiger partial charge on any atom is 0.343 e. The molecule has 1 aromatic heterocycles. The predicted octanol–water partition coefficient (Wildman–Crippen LogP) is 3.91. The summed E-state index contributed by atoms with van der Waals surface area (Å²) >= 11 is 1.09. The standard InChI is InChI=1S/C23H22N4O4S/c1-3-31-22(30)18-13-25-23(27-20(18)24)32-19(15-8-5-4-6-9-15)21(29)26-17-11-7-10-16(12-17)14(2)28/h4-13,19H,3H2,1-2H3,(H,26,29)(H2,24,25,27). The Labute approximate surface area is 189 Å². The zero-order chi connectivity index (χ0) is 23.1. The molecule has 1 unspecified atom stereocenters. The number of rotatable bonds is 8. The monoisotopic (exact) mass is 450 g/mol. The van der Waals surface area contributed by atoms with Crippen molar-refractivity contribution in [2.24, 2.45) is 0 Å². The Hall–Kier alpha value is -3.72. The molecule has 3 aromatic rings. The van der Waals surface area contributed by atoms with E-state index in [1.165, 1.54) is 13.1 Å². The molecule has 0 saturated heterocycles. The Bertz CT molecular complexity index is 1140. The number of hydrogen-bond donors (Lipinski definition) is 2. The van der Waals surface area contributed by atoms with E-state index < -0.39 is 11.2 Å². The molecule has 0 radical (unpaired) electrons. The van der Waals surface area contributed by atoms with Crippen LogP contribution in [0, 0.1) is 0 Å². The van der Waals surface area contributed by atoms with E-state index in [2.05, 4.69) is 15.3 Å². The summed E-state index contributed by atoms with van der Waals surface area (Å²) in [6.45, 7) is 3.36. The Morgan fingerprint density at radius 1 is 1.12 bits per heavy atom. The van der Waals surface area contributed by atoms with Crippen molar-refractivity contribution in [2.75, 3.05) is 17.7 Å². The summed E-state index contributed by atoms with van der Waals surface area (Å²) < 4.78 is 4.94. The molecular weight excluding hydrogens is 428 g/mol. The van der Waals surface area contributed by atoms with Crippen molar-refractivity contribution in [3.05, 3.63) is 77.5 Å². The lowest BCUT2D eigenvalue weighted by Gasteiger charge is -2.17. The van der Waals surface area contributed by atoms with Gasteiger partial charge in [0.05, 0.1) is 6.61 Å². The number of benzene rings is 2. The van der Waals surface area contributed by atoms with Crippen LogP contribution < -0.4 is 11.1 Å². The highest BCUT2D eigenvalue weighted by Gasteiger charge is 2.25. The zero-order valence-corrected chi connectivity index (χ0v) is 18.4. The van der Waals surface area contributed by atoms with Crippen molar-refractivity contribution in [2.45, 2.75) is 24.3 Å². The summed E-state index contributed by atoms with van der Waals surface area (Å²) in [6, 6.07) is 15.9. The Kier molecular flexibility index (Phi) is 7.56. The highest BCUT2D eigenvalue weighted by molar-refractivity contribution is 8.00. The molecule has 8 nitrogen and oxygen atoms in total. The van der Waals surface area contributed by atoms with Crippen LogP contribution in [0.15, 0.2) is 66.0 Å². The van der Waals surface area contributed by atoms with Gasteiger partial charge in [-0.1, -0.05) is 54.2 Å². The number of Topliss-reactive ketones (excluding diaryl/α,β-unsaturated/α-hetero) is 1. The number of amides is 1. The number of nitrogens with two attached hydrogens (primary N) is 1. The lowest BCUT2D eigenvalue weighted by molar-refractivity contribution is -0.115. The molecule has 2 aromatic carbocycles. The third-order valence-electron chi connectivity index (χ3n) is 4.39. The number of ether oxygens (including phenoxy) is 1. The van der Waals surface area contributed by atoms with Crippen molar-refractivity contribution in [1.82, 2.24) is 9.97 Å². The first-order valence-corrected chi connectivity index (χ1v) is 10.7. The highest BCUT2D eigenvalue weighted by Crippen LogP contribution is 2.35. The van der Waals surface area contributed by atoms with Gasteiger partial charge in [0.25, 0.3) is 0 Å². The smallest absolute Gasteiger partial charge is 0.343 e. The van der Waals surface area contributed by atoms with E-state index in [0.717, 1.165) is 17.3 Å². The van der Waals surface area contributed by atoms with Crippen LogP contribution in [0.4, 0.5) is 11.5 Å². The van der Waals surface area contributed by atoms with Gasteiger partial charge in [0.15, 0.2) is 10.9 Å². The fraction of sp³-hybridized carbons (Fsp3) is 0.174. The number of nitrogen functional groups attached to an aromatic ring is 1. The van der Waals surface area contributed by atoms with E-state index >= 15 is 0 Å². The molecule has 0 aliphatic carbocycles. The van der Waals surface area contributed by atoms with Crippen molar-refractivity contribution in [3.63, 3.8) is 0 Å². The van der Waals surface area contributed by atoms with Gasteiger partial charge in [-0.3, -0.25) is 9.59 Å². The van der Waals surface area contributed by atoms with E-state index in [0.29, 0.717) is 11.3 Å². The minimum absolute atomic E-state index is 0.0256. The largest absolute Gasteiger partial charge is 0.462 e. The average Bonchev–Trinajstić information content (AvgIpc) is 2.78. The Morgan fingerprint density at radius 3 is 2.53 bits per heavy atom. The number of carbonyl (C=O) groups is 3. The first kappa shape index (κ1) is 23.0. The van der Waals surface area contributed by atoms with Crippen molar-refractivity contribution < 1.29 is 19.1 Å². The van der Waals surface area contributed by atoms with Gasteiger partial charge in [0.1, 0.15) is 16.6 Å². The second-order valence-corrected chi connectivity index (χ2v) is 7.78. The number of nitrogens with one attached hydrogen (secondary N) is 1. The molecule has 164 valence electrons. The summed E-state index contributed by atoms with van der Waals surface area (Å²) in [7, 11) is 0. The predicted molar refractivity (Wildman–Crippen MR) is 123 cm³/mol. The number of hydrogen-bond acceptors (Lipinski definition) is 8. The van der Waals surface area contributed by atoms with Crippen LogP contribution in [0.1, 0.15) is 45.4 Å². The van der Waals surface area contributed by atoms with Gasteiger partial charge in [0, 0.05) is 17.4 Å². The van der Waals surface area contributed by atoms with Gasteiger partial charge in [0.2, 0.25) is 5.91 Å². The minimum atomic E-state index is -0.704. The molecule has 0 fully saturated rings. The fourth-order valence-electron chi connectivity index (χ4n) is 2.83. The Morgan fingerprint density at radius 2 is 1.88 bits per heavy atom. The van der Waals surface area contributed by atoms with Gasteiger partial charge in [-0.2, -0.15) is 0 Å². The van der Waals surface area contributed by atoms with E-state index in [1.54, 1.807) is 31.2 Å². The van der Waals surface area contributed by atoms with Crippen LogP contribution in [-0.4, -0.2) is 34.2 Å². The van der Waals surface area contributed by atoms with Crippen molar-refractivity contribution >= 4 is 40.9 Å². The number of thioether (sulfide) groups is 1. The number of nitrogens with zero attached hydrogens (tertiary/aromatic N) is 2. The number of esters is 1. The quantitative estimate of drug-likeness (QED) is 0.229. The zero-order valence-electron chi connectivity index (χ0n) is 17.6. The number of ketones is 1. The van der Waals surface area contributed by atoms with Gasteiger partial charge in [-0.15, -0.1) is 0 Å². The topological polar surface area (TPSA) is 124 Å². The van der Waals surface area contributed by atoms with Gasteiger partial charge in [-0.25, -0.2) is 14.8 Å². The minimum Gasteiger partial charge on any atom is -0.462 e. The van der Waals surface area contributed by atoms with Crippen LogP contribution in [0.2, 0.25) is 0 Å².